The van der Waals surface area contributed by atoms with Gasteiger partial charge in [-0.25, -0.2) is 0 Å². The van der Waals surface area contributed by atoms with Gasteiger partial charge in [0.1, 0.15) is 0 Å². The summed E-state index contributed by atoms with van der Waals surface area (Å²) < 4.78 is 0. The van der Waals surface area contributed by atoms with Crippen molar-refractivity contribution in [2.24, 2.45) is 22.7 Å². The highest BCUT2D eigenvalue weighted by molar-refractivity contribution is 5.67. The first-order valence-corrected chi connectivity index (χ1v) is 11.4. The van der Waals surface area contributed by atoms with Gasteiger partial charge in [0.05, 0.1) is 0 Å². The van der Waals surface area contributed by atoms with Crippen LogP contribution in [0.5, 0.6) is 0 Å². The largest absolute Gasteiger partial charge is 0.0992 e. The van der Waals surface area contributed by atoms with Gasteiger partial charge < -0.3 is 0 Å². The summed E-state index contributed by atoms with van der Waals surface area (Å²) in [4.78, 5) is 0. The number of allylic oxidation sites excluding steroid dienone is 2. The van der Waals surface area contributed by atoms with E-state index in [-0.39, 0.29) is 10.8 Å². The summed E-state index contributed by atoms with van der Waals surface area (Å²) in [6.45, 7) is 11.9. The first-order valence-electron chi connectivity index (χ1n) is 11.4. The van der Waals surface area contributed by atoms with Crippen LogP contribution in [0.1, 0.15) is 69.1 Å². The second kappa shape index (κ2) is 6.73. The Hall–Kier alpha value is -2.08. The van der Waals surface area contributed by atoms with Crippen LogP contribution in [0.15, 0.2) is 72.3 Å². The van der Waals surface area contributed by atoms with Gasteiger partial charge in [-0.3, -0.25) is 0 Å². The molecule has 2 aromatic carbocycles. The van der Waals surface area contributed by atoms with Crippen LogP contribution >= 0.6 is 0 Å². The van der Waals surface area contributed by atoms with E-state index in [0.717, 1.165) is 0 Å². The zero-order valence-corrected chi connectivity index (χ0v) is 18.2. The predicted molar refractivity (Wildman–Crippen MR) is 124 cm³/mol. The number of hydrogen-bond donors (Lipinski definition) is 0. The fourth-order valence-corrected chi connectivity index (χ4v) is 7.18. The van der Waals surface area contributed by atoms with Crippen LogP contribution in [0, 0.1) is 22.7 Å². The predicted octanol–water partition coefficient (Wildman–Crippen LogP) is 7.82. The van der Waals surface area contributed by atoms with Gasteiger partial charge in [0.15, 0.2) is 0 Å². The van der Waals surface area contributed by atoms with Crippen molar-refractivity contribution >= 4 is 6.08 Å². The SMILES string of the molecule is C=C1CC23C(=Cc4ccccc4C2CCCC3Cc2ccccc2)C1C(C)(C)C. The molecule has 0 N–H and O–H groups in total. The lowest BCUT2D eigenvalue weighted by Crippen LogP contribution is -2.43. The van der Waals surface area contributed by atoms with E-state index in [2.05, 4.69) is 88.0 Å². The van der Waals surface area contributed by atoms with Gasteiger partial charge in [0.25, 0.3) is 0 Å². The highest BCUT2D eigenvalue weighted by Crippen LogP contribution is 2.69. The Bertz CT molecular complexity index is 955. The molecule has 0 heteroatoms. The molecule has 0 aliphatic heterocycles. The van der Waals surface area contributed by atoms with Crippen LogP contribution in [-0.4, -0.2) is 0 Å². The molecule has 0 bridgehead atoms. The molecule has 0 nitrogen and oxygen atoms in total. The van der Waals surface area contributed by atoms with E-state index in [1.54, 1.807) is 11.1 Å². The summed E-state index contributed by atoms with van der Waals surface area (Å²) in [5.41, 5.74) is 8.22. The maximum atomic E-state index is 4.68. The van der Waals surface area contributed by atoms with Gasteiger partial charge in [-0.05, 0) is 59.6 Å². The second-order valence-corrected chi connectivity index (χ2v) is 10.8. The van der Waals surface area contributed by atoms with Crippen molar-refractivity contribution in [3.63, 3.8) is 0 Å². The molecule has 0 saturated heterocycles. The van der Waals surface area contributed by atoms with Crippen molar-refractivity contribution < 1.29 is 0 Å². The zero-order chi connectivity index (χ0) is 20.2. The summed E-state index contributed by atoms with van der Waals surface area (Å²) in [6, 6.07) is 20.4. The molecule has 150 valence electrons. The van der Waals surface area contributed by atoms with Crippen molar-refractivity contribution in [3.8, 4) is 0 Å². The van der Waals surface area contributed by atoms with Crippen LogP contribution in [0.3, 0.4) is 0 Å². The van der Waals surface area contributed by atoms with Crippen LogP contribution in [0.25, 0.3) is 6.08 Å². The fraction of sp³-hybridized carbons (Fsp3) is 0.448. The molecule has 2 saturated carbocycles. The Morgan fingerprint density at radius 1 is 0.966 bits per heavy atom. The Labute approximate surface area is 176 Å². The highest BCUT2D eigenvalue weighted by Gasteiger charge is 2.59. The van der Waals surface area contributed by atoms with E-state index in [9.17, 15) is 0 Å². The monoisotopic (exact) mass is 382 g/mol. The van der Waals surface area contributed by atoms with Gasteiger partial charge in [0, 0.05) is 11.3 Å². The summed E-state index contributed by atoms with van der Waals surface area (Å²) in [6.07, 6.45) is 8.97. The first kappa shape index (κ1) is 18.9. The number of benzene rings is 2. The minimum atomic E-state index is 0.220. The third-order valence-electron chi connectivity index (χ3n) is 8.05. The lowest BCUT2D eigenvalue weighted by molar-refractivity contribution is 0.108. The normalized spacial score (nSPS) is 30.9. The summed E-state index contributed by atoms with van der Waals surface area (Å²) in [7, 11) is 0. The van der Waals surface area contributed by atoms with Gasteiger partial charge in [-0.1, -0.05) is 106 Å². The molecule has 2 aromatic rings. The lowest BCUT2D eigenvalue weighted by atomic mass is 9.51. The molecular weight excluding hydrogens is 348 g/mol. The molecule has 4 atom stereocenters. The van der Waals surface area contributed by atoms with Gasteiger partial charge in [0.2, 0.25) is 0 Å². The smallest absolute Gasteiger partial charge is 0.00625 e. The molecule has 0 amide bonds. The number of rotatable bonds is 2. The molecular formula is C29H34. The number of fused-ring (bicyclic) bond motifs is 2. The summed E-state index contributed by atoms with van der Waals surface area (Å²) >= 11 is 0. The van der Waals surface area contributed by atoms with Gasteiger partial charge in [-0.2, -0.15) is 0 Å². The third-order valence-corrected chi connectivity index (χ3v) is 8.05. The van der Waals surface area contributed by atoms with Crippen LogP contribution < -0.4 is 0 Å². The minimum absolute atomic E-state index is 0.220. The Morgan fingerprint density at radius 3 is 2.45 bits per heavy atom. The summed E-state index contributed by atoms with van der Waals surface area (Å²) in [5.74, 6) is 1.84. The van der Waals surface area contributed by atoms with Gasteiger partial charge >= 0.3 is 0 Å². The molecule has 4 unspecified atom stereocenters. The van der Waals surface area contributed by atoms with Crippen molar-refractivity contribution in [1.29, 1.82) is 0 Å². The van der Waals surface area contributed by atoms with Crippen molar-refractivity contribution in [3.05, 3.63) is 89.0 Å². The number of hydrogen-bond acceptors (Lipinski definition) is 0. The second-order valence-electron chi connectivity index (χ2n) is 10.8. The maximum Gasteiger partial charge on any atom is 0.00625 e. The molecule has 1 spiro atoms. The molecule has 3 aliphatic rings. The van der Waals surface area contributed by atoms with E-state index in [1.807, 2.05) is 0 Å². The topological polar surface area (TPSA) is 0 Å². The quantitative estimate of drug-likeness (QED) is 0.464. The first-order chi connectivity index (χ1) is 13.9. The van der Waals surface area contributed by atoms with E-state index in [4.69, 9.17) is 0 Å². The average Bonchev–Trinajstić information content (AvgIpc) is 2.99. The molecule has 5 rings (SSSR count). The Kier molecular flexibility index (Phi) is 4.39. The summed E-state index contributed by atoms with van der Waals surface area (Å²) in [5, 5.41) is 0. The third kappa shape index (κ3) is 2.87. The maximum absolute atomic E-state index is 4.68. The Balaban J connectivity index is 1.69. The van der Waals surface area contributed by atoms with Crippen LogP contribution in [-0.2, 0) is 6.42 Å². The molecule has 2 fully saturated rings. The fourth-order valence-electron chi connectivity index (χ4n) is 7.18. The molecule has 0 radical (unpaired) electrons. The van der Waals surface area contributed by atoms with E-state index >= 15 is 0 Å². The van der Waals surface area contributed by atoms with Crippen molar-refractivity contribution in [2.75, 3.05) is 0 Å². The van der Waals surface area contributed by atoms with Gasteiger partial charge in [-0.15, -0.1) is 0 Å². The van der Waals surface area contributed by atoms with Crippen LogP contribution in [0.4, 0.5) is 0 Å². The zero-order valence-electron chi connectivity index (χ0n) is 18.2. The molecule has 3 aliphatic carbocycles. The molecule has 29 heavy (non-hydrogen) atoms. The van der Waals surface area contributed by atoms with E-state index in [0.29, 0.717) is 17.8 Å². The standard InChI is InChI=1S/C29H34/c1-20-19-29-23(17-21-11-6-5-7-12-21)14-10-16-25(29)24-15-9-8-13-22(24)18-26(29)27(20)28(2,3)4/h5-9,11-13,15,18,23,25,27H,1,10,14,16-17,19H2,2-4H3. The molecule has 0 heterocycles. The van der Waals surface area contributed by atoms with Crippen molar-refractivity contribution in [2.45, 2.75) is 58.8 Å². The Morgan fingerprint density at radius 2 is 1.69 bits per heavy atom. The van der Waals surface area contributed by atoms with E-state index < -0.39 is 0 Å². The lowest BCUT2D eigenvalue weighted by Gasteiger charge is -2.52. The highest BCUT2D eigenvalue weighted by atomic mass is 14.6. The minimum Gasteiger partial charge on any atom is -0.0992 e. The van der Waals surface area contributed by atoms with Crippen LogP contribution in [0.2, 0.25) is 0 Å². The van der Waals surface area contributed by atoms with E-state index in [1.165, 1.54) is 48.8 Å². The molecule has 0 aromatic heterocycles. The van der Waals surface area contributed by atoms with Crippen molar-refractivity contribution in [1.82, 2.24) is 0 Å². The average molecular weight is 383 g/mol.